The van der Waals surface area contributed by atoms with Crippen LogP contribution in [0.5, 0.6) is 5.75 Å². The van der Waals surface area contributed by atoms with E-state index in [4.69, 9.17) is 17.0 Å². The van der Waals surface area contributed by atoms with Crippen LogP contribution in [0.25, 0.3) is 6.08 Å². The Hall–Kier alpha value is -2.64. The number of hydrogen-bond donors (Lipinski definition) is 1. The van der Waals surface area contributed by atoms with Crippen molar-refractivity contribution in [1.82, 2.24) is 4.90 Å². The normalized spacial score (nSPS) is 18.3. The second kappa shape index (κ2) is 10.3. The lowest BCUT2D eigenvalue weighted by atomic mass is 9.94. The Morgan fingerprint density at radius 1 is 1.12 bits per heavy atom. The minimum absolute atomic E-state index is 0.0139. The smallest absolute Gasteiger partial charge is 0.266 e. The molecule has 0 atom stereocenters. The highest BCUT2D eigenvalue weighted by atomic mass is 32.2. The van der Waals surface area contributed by atoms with Crippen LogP contribution in [0.4, 0.5) is 5.69 Å². The summed E-state index contributed by atoms with van der Waals surface area (Å²) in [4.78, 5) is 27.5. The Morgan fingerprint density at radius 2 is 1.81 bits per heavy atom. The summed E-state index contributed by atoms with van der Waals surface area (Å²) in [6, 6.07) is 15.2. The maximum atomic E-state index is 12.9. The number of hydrogen-bond acceptors (Lipinski definition) is 5. The lowest BCUT2D eigenvalue weighted by molar-refractivity contribution is -0.124. The average molecular weight is 467 g/mol. The summed E-state index contributed by atoms with van der Waals surface area (Å²) >= 11 is 6.87. The summed E-state index contributed by atoms with van der Waals surface area (Å²) in [6.07, 6.45) is 7.49. The van der Waals surface area contributed by atoms with Gasteiger partial charge in [0.1, 0.15) is 10.1 Å². The summed E-state index contributed by atoms with van der Waals surface area (Å²) in [7, 11) is 0. The zero-order valence-electron chi connectivity index (χ0n) is 18.0. The molecular formula is C25H26N2O3S2. The molecule has 1 heterocycles. The summed E-state index contributed by atoms with van der Waals surface area (Å²) < 4.78 is 6.25. The van der Waals surface area contributed by atoms with E-state index in [-0.39, 0.29) is 24.5 Å². The zero-order valence-corrected chi connectivity index (χ0v) is 19.6. The standard InChI is InChI=1S/C25H26N2O3S2/c1-17-7-11-19(12-8-17)26-23(28)16-30-21-13-9-18(10-14-21)15-22-24(29)27(25(31)32-22)20-5-3-2-4-6-20/h7-15,20H,2-6,16H2,1H3,(H,26,28)/b22-15-. The van der Waals surface area contributed by atoms with E-state index in [0.717, 1.165) is 42.5 Å². The molecule has 7 heteroatoms. The van der Waals surface area contributed by atoms with Gasteiger partial charge < -0.3 is 10.1 Å². The molecule has 1 aliphatic heterocycles. The maximum Gasteiger partial charge on any atom is 0.266 e. The van der Waals surface area contributed by atoms with Gasteiger partial charge in [-0.2, -0.15) is 0 Å². The van der Waals surface area contributed by atoms with Crippen LogP contribution in [0.1, 0.15) is 43.2 Å². The first kappa shape index (κ1) is 22.6. The molecular weight excluding hydrogens is 440 g/mol. The first-order valence-corrected chi connectivity index (χ1v) is 12.1. The van der Waals surface area contributed by atoms with E-state index in [1.54, 1.807) is 12.1 Å². The third kappa shape index (κ3) is 5.58. The molecule has 1 N–H and O–H groups in total. The molecule has 4 rings (SSSR count). The van der Waals surface area contributed by atoms with Crippen molar-refractivity contribution in [2.45, 2.75) is 45.1 Å². The molecule has 2 aromatic rings. The molecule has 0 bridgehead atoms. The lowest BCUT2D eigenvalue weighted by Gasteiger charge is -2.29. The van der Waals surface area contributed by atoms with Gasteiger partial charge in [0.15, 0.2) is 6.61 Å². The molecule has 1 aliphatic carbocycles. The number of carbonyl (C=O) groups is 2. The summed E-state index contributed by atoms with van der Waals surface area (Å²) in [5, 5.41) is 2.81. The third-order valence-electron chi connectivity index (χ3n) is 5.65. The van der Waals surface area contributed by atoms with Crippen molar-refractivity contribution in [3.8, 4) is 5.75 Å². The van der Waals surface area contributed by atoms with Crippen molar-refractivity contribution < 1.29 is 14.3 Å². The van der Waals surface area contributed by atoms with Gasteiger partial charge in [-0.3, -0.25) is 14.5 Å². The van der Waals surface area contributed by atoms with Crippen LogP contribution < -0.4 is 10.1 Å². The van der Waals surface area contributed by atoms with Gasteiger partial charge in [0.2, 0.25) is 0 Å². The number of nitrogens with one attached hydrogen (secondary N) is 1. The zero-order chi connectivity index (χ0) is 22.5. The lowest BCUT2D eigenvalue weighted by Crippen LogP contribution is -2.39. The molecule has 2 aliphatic rings. The van der Waals surface area contributed by atoms with Crippen LogP contribution in [0.2, 0.25) is 0 Å². The van der Waals surface area contributed by atoms with E-state index < -0.39 is 0 Å². The number of thioether (sulfide) groups is 1. The Morgan fingerprint density at radius 3 is 2.50 bits per heavy atom. The number of anilines is 1. The molecule has 0 aromatic heterocycles. The summed E-state index contributed by atoms with van der Waals surface area (Å²) in [5.41, 5.74) is 2.77. The van der Waals surface area contributed by atoms with Gasteiger partial charge in [0.25, 0.3) is 11.8 Å². The molecule has 0 radical (unpaired) electrons. The molecule has 2 fully saturated rings. The fourth-order valence-corrected chi connectivity index (χ4v) is 5.33. The molecule has 0 unspecified atom stereocenters. The molecule has 1 saturated carbocycles. The molecule has 5 nitrogen and oxygen atoms in total. The minimum atomic E-state index is -0.218. The number of ether oxygens (including phenoxy) is 1. The Balaban J connectivity index is 1.32. The molecule has 0 spiro atoms. The van der Waals surface area contributed by atoms with Crippen LogP contribution in [0.15, 0.2) is 53.4 Å². The number of carbonyl (C=O) groups excluding carboxylic acids is 2. The summed E-state index contributed by atoms with van der Waals surface area (Å²) in [6.45, 7) is 1.92. The maximum absolute atomic E-state index is 12.9. The van der Waals surface area contributed by atoms with Crippen molar-refractivity contribution in [3.05, 3.63) is 64.6 Å². The second-order valence-corrected chi connectivity index (χ2v) is 9.79. The summed E-state index contributed by atoms with van der Waals surface area (Å²) in [5.74, 6) is 0.389. The molecule has 32 heavy (non-hydrogen) atoms. The van der Waals surface area contributed by atoms with Crippen molar-refractivity contribution in [3.63, 3.8) is 0 Å². The van der Waals surface area contributed by atoms with Crippen LogP contribution in [0.3, 0.4) is 0 Å². The number of amides is 2. The van der Waals surface area contributed by atoms with Crippen molar-refractivity contribution in [2.75, 3.05) is 11.9 Å². The predicted octanol–water partition coefficient (Wildman–Crippen LogP) is 5.55. The van der Waals surface area contributed by atoms with Gasteiger partial charge in [0.05, 0.1) is 4.91 Å². The van der Waals surface area contributed by atoms with Crippen LogP contribution in [-0.4, -0.2) is 33.7 Å². The van der Waals surface area contributed by atoms with Gasteiger partial charge in [-0.1, -0.05) is 73.1 Å². The third-order valence-corrected chi connectivity index (χ3v) is 6.98. The highest BCUT2D eigenvalue weighted by Gasteiger charge is 2.37. The van der Waals surface area contributed by atoms with E-state index in [9.17, 15) is 9.59 Å². The van der Waals surface area contributed by atoms with Gasteiger partial charge in [0, 0.05) is 11.7 Å². The fourth-order valence-electron chi connectivity index (χ4n) is 3.93. The van der Waals surface area contributed by atoms with Gasteiger partial charge >= 0.3 is 0 Å². The van der Waals surface area contributed by atoms with Crippen LogP contribution >= 0.6 is 24.0 Å². The fraction of sp³-hybridized carbons (Fsp3) is 0.320. The topological polar surface area (TPSA) is 58.6 Å². The number of aryl methyl sites for hydroxylation is 1. The highest BCUT2D eigenvalue weighted by Crippen LogP contribution is 2.37. The quantitative estimate of drug-likeness (QED) is 0.447. The molecule has 2 aromatic carbocycles. The number of rotatable bonds is 6. The predicted molar refractivity (Wildman–Crippen MR) is 134 cm³/mol. The Labute approximate surface area is 198 Å². The Bertz CT molecular complexity index is 1030. The van der Waals surface area contributed by atoms with Gasteiger partial charge in [-0.15, -0.1) is 0 Å². The molecule has 166 valence electrons. The van der Waals surface area contributed by atoms with Gasteiger partial charge in [-0.25, -0.2) is 0 Å². The monoisotopic (exact) mass is 466 g/mol. The van der Waals surface area contributed by atoms with Crippen molar-refractivity contribution in [2.24, 2.45) is 0 Å². The minimum Gasteiger partial charge on any atom is -0.484 e. The number of thiocarbonyl (C=S) groups is 1. The molecule has 2 amide bonds. The SMILES string of the molecule is Cc1ccc(NC(=O)COc2ccc(/C=C3\SC(=S)N(C4CCCCC4)C3=O)cc2)cc1. The van der Waals surface area contributed by atoms with E-state index in [1.165, 1.54) is 18.2 Å². The molecule has 1 saturated heterocycles. The first-order valence-electron chi connectivity index (χ1n) is 10.9. The van der Waals surface area contributed by atoms with E-state index in [1.807, 2.05) is 54.3 Å². The average Bonchev–Trinajstić information content (AvgIpc) is 3.08. The van der Waals surface area contributed by atoms with Crippen molar-refractivity contribution in [1.29, 1.82) is 0 Å². The largest absolute Gasteiger partial charge is 0.484 e. The first-order chi connectivity index (χ1) is 15.5. The van der Waals surface area contributed by atoms with E-state index in [0.29, 0.717) is 15.0 Å². The van der Waals surface area contributed by atoms with Crippen LogP contribution in [-0.2, 0) is 9.59 Å². The van der Waals surface area contributed by atoms with Gasteiger partial charge in [-0.05, 0) is 55.7 Å². The van der Waals surface area contributed by atoms with E-state index >= 15 is 0 Å². The van der Waals surface area contributed by atoms with Crippen molar-refractivity contribution >= 4 is 51.9 Å². The van der Waals surface area contributed by atoms with Crippen LogP contribution in [0, 0.1) is 6.92 Å². The Kier molecular flexibility index (Phi) is 7.27. The second-order valence-electron chi connectivity index (χ2n) is 8.12. The number of benzene rings is 2. The van der Waals surface area contributed by atoms with E-state index in [2.05, 4.69) is 5.32 Å². The number of nitrogens with zero attached hydrogens (tertiary/aromatic N) is 1. The highest BCUT2D eigenvalue weighted by molar-refractivity contribution is 8.26.